The first-order chi connectivity index (χ1) is 11.3. The first-order valence-corrected chi connectivity index (χ1v) is 8.43. The van der Waals surface area contributed by atoms with Crippen molar-refractivity contribution in [2.45, 2.75) is 13.0 Å². The Morgan fingerprint density at radius 2 is 2.04 bits per heavy atom. The molecule has 0 radical (unpaired) electrons. The zero-order chi connectivity index (χ0) is 16.3. The zero-order valence-corrected chi connectivity index (χ0v) is 16.9. The van der Waals surface area contributed by atoms with Crippen LogP contribution >= 0.6 is 35.3 Å². The molecule has 0 saturated carbocycles. The van der Waals surface area contributed by atoms with E-state index in [1.54, 1.807) is 18.4 Å². The Balaban J connectivity index is 0.00000288. The number of benzene rings is 1. The van der Waals surface area contributed by atoms with Gasteiger partial charge in [-0.1, -0.05) is 18.2 Å². The first kappa shape index (κ1) is 20.7. The van der Waals surface area contributed by atoms with Crippen LogP contribution in [0.5, 0.6) is 5.75 Å². The number of thiophene rings is 1. The molecule has 1 heterocycles. The Kier molecular flexibility index (Phi) is 10.4. The molecule has 24 heavy (non-hydrogen) atoms. The number of hydrogen-bond donors (Lipinski definition) is 2. The third-order valence-electron chi connectivity index (χ3n) is 3.20. The van der Waals surface area contributed by atoms with Gasteiger partial charge in [0.05, 0.1) is 26.9 Å². The molecule has 2 aromatic rings. The summed E-state index contributed by atoms with van der Waals surface area (Å²) in [5, 5.41) is 5.18. The summed E-state index contributed by atoms with van der Waals surface area (Å²) in [5.74, 6) is 1.31. The fourth-order valence-electron chi connectivity index (χ4n) is 1.97. The van der Waals surface area contributed by atoms with Gasteiger partial charge in [0.25, 0.3) is 0 Å². The molecule has 0 bridgehead atoms. The van der Waals surface area contributed by atoms with Gasteiger partial charge >= 0.3 is 0 Å². The number of aliphatic imine (C=N–C) groups is 1. The van der Waals surface area contributed by atoms with Crippen LogP contribution in [0.15, 0.2) is 46.8 Å². The number of nitrogens with one attached hydrogen (secondary N) is 1. The normalized spacial score (nSPS) is 11.0. The molecule has 2 rings (SSSR count). The standard InChI is InChI=1S/C17H23N3O2S.HI/c1-21-15-6-4-14(5-7-15)13-22-11-10-20-17(18)19-9-8-16-3-2-12-23-16;/h2-7,12H,8-11,13H2,1H3,(H3,18,19,20);1H. The van der Waals surface area contributed by atoms with E-state index in [1.165, 1.54) is 4.88 Å². The summed E-state index contributed by atoms with van der Waals surface area (Å²) in [7, 11) is 1.66. The van der Waals surface area contributed by atoms with Crippen molar-refractivity contribution in [3.05, 3.63) is 52.2 Å². The van der Waals surface area contributed by atoms with Crippen LogP contribution in [0, 0.1) is 0 Å². The van der Waals surface area contributed by atoms with E-state index in [2.05, 4.69) is 27.8 Å². The maximum Gasteiger partial charge on any atom is 0.188 e. The highest BCUT2D eigenvalue weighted by Crippen LogP contribution is 2.11. The summed E-state index contributed by atoms with van der Waals surface area (Å²) >= 11 is 1.75. The lowest BCUT2D eigenvalue weighted by molar-refractivity contribution is 0.128. The van der Waals surface area contributed by atoms with Crippen molar-refractivity contribution >= 4 is 41.3 Å². The molecule has 0 atom stereocenters. The van der Waals surface area contributed by atoms with E-state index < -0.39 is 0 Å². The van der Waals surface area contributed by atoms with Gasteiger partial charge in [-0.2, -0.15) is 0 Å². The molecule has 0 unspecified atom stereocenters. The third-order valence-corrected chi connectivity index (χ3v) is 4.14. The summed E-state index contributed by atoms with van der Waals surface area (Å²) < 4.78 is 10.7. The molecular formula is C17H24IN3O2S. The second-order valence-electron chi connectivity index (χ2n) is 4.92. The molecule has 0 aliphatic heterocycles. The van der Waals surface area contributed by atoms with Crippen molar-refractivity contribution in [1.82, 2.24) is 5.32 Å². The fourth-order valence-corrected chi connectivity index (χ4v) is 2.68. The number of hydrogen-bond acceptors (Lipinski definition) is 4. The summed E-state index contributed by atoms with van der Waals surface area (Å²) in [5.41, 5.74) is 6.92. The topological polar surface area (TPSA) is 68.9 Å². The Morgan fingerprint density at radius 3 is 2.71 bits per heavy atom. The summed E-state index contributed by atoms with van der Waals surface area (Å²) in [4.78, 5) is 5.58. The van der Waals surface area contributed by atoms with Crippen molar-refractivity contribution in [2.24, 2.45) is 10.7 Å². The van der Waals surface area contributed by atoms with Crippen LogP contribution in [0.3, 0.4) is 0 Å². The van der Waals surface area contributed by atoms with E-state index in [0.717, 1.165) is 24.3 Å². The quantitative estimate of drug-likeness (QED) is 0.261. The Labute approximate surface area is 164 Å². The zero-order valence-electron chi connectivity index (χ0n) is 13.7. The van der Waals surface area contributed by atoms with Gasteiger partial charge in [0.1, 0.15) is 5.75 Å². The lowest BCUT2D eigenvalue weighted by Crippen LogP contribution is -2.33. The monoisotopic (exact) mass is 461 g/mol. The van der Waals surface area contributed by atoms with E-state index in [0.29, 0.717) is 25.7 Å². The molecule has 132 valence electrons. The van der Waals surface area contributed by atoms with Crippen molar-refractivity contribution in [1.29, 1.82) is 0 Å². The number of nitrogens with zero attached hydrogens (tertiary/aromatic N) is 1. The fraction of sp³-hybridized carbons (Fsp3) is 0.353. The van der Waals surface area contributed by atoms with Crippen LogP contribution in [0.25, 0.3) is 0 Å². The van der Waals surface area contributed by atoms with Crippen molar-refractivity contribution in [3.8, 4) is 5.75 Å². The maximum atomic E-state index is 5.81. The number of nitrogens with two attached hydrogens (primary N) is 1. The van der Waals surface area contributed by atoms with Crippen LogP contribution in [-0.4, -0.2) is 32.8 Å². The van der Waals surface area contributed by atoms with Gasteiger partial charge in [0.2, 0.25) is 0 Å². The highest BCUT2D eigenvalue weighted by molar-refractivity contribution is 14.0. The van der Waals surface area contributed by atoms with Crippen LogP contribution in [0.2, 0.25) is 0 Å². The average Bonchev–Trinajstić information content (AvgIpc) is 3.08. The van der Waals surface area contributed by atoms with E-state index in [1.807, 2.05) is 24.3 Å². The van der Waals surface area contributed by atoms with E-state index in [4.69, 9.17) is 15.2 Å². The van der Waals surface area contributed by atoms with E-state index >= 15 is 0 Å². The summed E-state index contributed by atoms with van der Waals surface area (Å²) in [6, 6.07) is 12.0. The Bertz CT molecular complexity index is 588. The highest BCUT2D eigenvalue weighted by atomic mass is 127. The maximum absolute atomic E-state index is 5.81. The van der Waals surface area contributed by atoms with Crippen molar-refractivity contribution in [2.75, 3.05) is 26.8 Å². The second-order valence-corrected chi connectivity index (χ2v) is 5.96. The predicted octanol–water partition coefficient (Wildman–Crippen LogP) is 3.04. The van der Waals surface area contributed by atoms with Gasteiger partial charge in [-0.3, -0.25) is 4.99 Å². The van der Waals surface area contributed by atoms with E-state index in [-0.39, 0.29) is 24.0 Å². The van der Waals surface area contributed by atoms with Crippen LogP contribution in [0.4, 0.5) is 0 Å². The molecule has 0 spiro atoms. The van der Waals surface area contributed by atoms with Gasteiger partial charge < -0.3 is 20.5 Å². The van der Waals surface area contributed by atoms with Crippen molar-refractivity contribution < 1.29 is 9.47 Å². The number of rotatable bonds is 9. The molecular weight excluding hydrogens is 437 g/mol. The molecule has 0 saturated heterocycles. The third kappa shape index (κ3) is 7.98. The average molecular weight is 461 g/mol. The van der Waals surface area contributed by atoms with Crippen molar-refractivity contribution in [3.63, 3.8) is 0 Å². The Morgan fingerprint density at radius 1 is 1.25 bits per heavy atom. The van der Waals surface area contributed by atoms with Gasteiger partial charge in [-0.15, -0.1) is 35.3 Å². The highest BCUT2D eigenvalue weighted by Gasteiger charge is 1.96. The van der Waals surface area contributed by atoms with Gasteiger partial charge in [0, 0.05) is 11.4 Å². The molecule has 5 nitrogen and oxygen atoms in total. The smallest absolute Gasteiger partial charge is 0.188 e. The largest absolute Gasteiger partial charge is 0.497 e. The summed E-state index contributed by atoms with van der Waals surface area (Å²) in [6.07, 6.45) is 0.960. The molecule has 0 fully saturated rings. The molecule has 7 heteroatoms. The molecule has 0 aliphatic carbocycles. The number of ether oxygens (including phenoxy) is 2. The van der Waals surface area contributed by atoms with E-state index in [9.17, 15) is 0 Å². The number of methoxy groups -OCH3 is 1. The van der Waals surface area contributed by atoms with Gasteiger partial charge in [-0.25, -0.2) is 0 Å². The molecule has 0 aliphatic rings. The predicted molar refractivity (Wildman–Crippen MR) is 111 cm³/mol. The lowest BCUT2D eigenvalue weighted by Gasteiger charge is -2.06. The number of guanidine groups is 1. The molecule has 1 aromatic carbocycles. The number of halogens is 1. The Hall–Kier alpha value is -1.32. The lowest BCUT2D eigenvalue weighted by atomic mass is 10.2. The van der Waals surface area contributed by atoms with Gasteiger partial charge in [0.15, 0.2) is 5.96 Å². The molecule has 3 N–H and O–H groups in total. The van der Waals surface area contributed by atoms with Crippen LogP contribution < -0.4 is 15.8 Å². The summed E-state index contributed by atoms with van der Waals surface area (Å²) in [6.45, 7) is 2.45. The first-order valence-electron chi connectivity index (χ1n) is 7.55. The molecule has 0 amide bonds. The minimum absolute atomic E-state index is 0. The van der Waals surface area contributed by atoms with Gasteiger partial charge in [-0.05, 0) is 35.6 Å². The minimum Gasteiger partial charge on any atom is -0.497 e. The van der Waals surface area contributed by atoms with Crippen LogP contribution in [0.1, 0.15) is 10.4 Å². The SMILES string of the molecule is COc1ccc(COCCN=C(N)NCCc2cccs2)cc1.I. The second kappa shape index (κ2) is 12.1. The molecule has 1 aromatic heterocycles. The van der Waals surface area contributed by atoms with Crippen LogP contribution in [-0.2, 0) is 17.8 Å². The minimum atomic E-state index is 0.